The number of nitrogens with zero attached hydrogens (tertiary/aromatic N) is 2. The third kappa shape index (κ3) is 5.19. The van der Waals surface area contributed by atoms with Gasteiger partial charge in [-0.05, 0) is 70.6 Å². The van der Waals surface area contributed by atoms with Crippen LogP contribution in [0.5, 0.6) is 0 Å². The molecule has 4 nitrogen and oxygen atoms in total. The van der Waals surface area contributed by atoms with E-state index in [-0.39, 0.29) is 11.7 Å². The van der Waals surface area contributed by atoms with Crippen LogP contribution in [0.4, 0.5) is 0 Å². The van der Waals surface area contributed by atoms with Gasteiger partial charge in [-0.1, -0.05) is 17.9 Å². The van der Waals surface area contributed by atoms with Gasteiger partial charge in [-0.3, -0.25) is 4.99 Å². The van der Waals surface area contributed by atoms with Crippen molar-refractivity contribution in [1.82, 2.24) is 0 Å². The van der Waals surface area contributed by atoms with Gasteiger partial charge in [0.25, 0.3) is 0 Å². The van der Waals surface area contributed by atoms with Crippen molar-refractivity contribution < 1.29 is 4.74 Å². The Morgan fingerprint density at radius 3 is 2.81 bits per heavy atom. The topological polar surface area (TPSA) is 60.0 Å². The SMILES string of the molecule is Cc1cc(C#CC2CC2)ccc1/C(C=NCC1CCCC(C)(C)O1)=N/N. The highest BCUT2D eigenvalue weighted by Crippen LogP contribution is 2.28. The van der Waals surface area contributed by atoms with Crippen LogP contribution in [0.1, 0.15) is 62.6 Å². The molecule has 138 valence electrons. The molecule has 2 fully saturated rings. The van der Waals surface area contributed by atoms with Crippen LogP contribution in [0.15, 0.2) is 28.3 Å². The number of ether oxygens (including phenoxy) is 1. The van der Waals surface area contributed by atoms with E-state index in [0.29, 0.717) is 18.2 Å². The van der Waals surface area contributed by atoms with Crippen LogP contribution in [-0.4, -0.2) is 30.2 Å². The van der Waals surface area contributed by atoms with E-state index in [0.717, 1.165) is 29.5 Å². The van der Waals surface area contributed by atoms with E-state index < -0.39 is 0 Å². The van der Waals surface area contributed by atoms with Crippen molar-refractivity contribution in [3.8, 4) is 11.8 Å². The summed E-state index contributed by atoms with van der Waals surface area (Å²) in [6, 6.07) is 6.16. The molecule has 1 aromatic rings. The van der Waals surface area contributed by atoms with Gasteiger partial charge in [-0.15, -0.1) is 0 Å². The summed E-state index contributed by atoms with van der Waals surface area (Å²) in [7, 11) is 0. The fraction of sp³-hybridized carbons (Fsp3) is 0.545. The molecule has 2 aliphatic rings. The quantitative estimate of drug-likeness (QED) is 0.388. The van der Waals surface area contributed by atoms with Crippen molar-refractivity contribution in [2.75, 3.05) is 6.54 Å². The van der Waals surface area contributed by atoms with Gasteiger partial charge in [-0.25, -0.2) is 0 Å². The molecule has 26 heavy (non-hydrogen) atoms. The second-order valence-electron chi connectivity index (χ2n) is 7.97. The van der Waals surface area contributed by atoms with Gasteiger partial charge in [0, 0.05) is 23.3 Å². The Morgan fingerprint density at radius 1 is 1.35 bits per heavy atom. The van der Waals surface area contributed by atoms with Crippen LogP contribution in [0.3, 0.4) is 0 Å². The maximum atomic E-state index is 6.09. The Morgan fingerprint density at radius 2 is 2.15 bits per heavy atom. The van der Waals surface area contributed by atoms with Gasteiger partial charge in [-0.2, -0.15) is 5.10 Å². The highest BCUT2D eigenvalue weighted by molar-refractivity contribution is 6.38. The van der Waals surface area contributed by atoms with E-state index in [2.05, 4.69) is 48.8 Å². The summed E-state index contributed by atoms with van der Waals surface area (Å²) in [5.74, 6) is 12.8. The van der Waals surface area contributed by atoms with E-state index in [1.165, 1.54) is 19.3 Å². The van der Waals surface area contributed by atoms with E-state index in [1.807, 2.05) is 12.1 Å². The largest absolute Gasteiger partial charge is 0.370 e. The first-order valence-electron chi connectivity index (χ1n) is 9.55. The molecule has 1 heterocycles. The Hall–Kier alpha value is -2.12. The molecule has 0 bridgehead atoms. The first-order valence-corrected chi connectivity index (χ1v) is 9.55. The predicted molar refractivity (Wildman–Crippen MR) is 108 cm³/mol. The minimum Gasteiger partial charge on any atom is -0.370 e. The highest BCUT2D eigenvalue weighted by atomic mass is 16.5. The third-order valence-electron chi connectivity index (χ3n) is 4.95. The molecule has 2 N–H and O–H groups in total. The zero-order chi connectivity index (χ0) is 18.6. The van der Waals surface area contributed by atoms with Gasteiger partial charge >= 0.3 is 0 Å². The van der Waals surface area contributed by atoms with E-state index in [1.54, 1.807) is 6.21 Å². The maximum Gasteiger partial charge on any atom is 0.108 e. The normalized spacial score (nSPS) is 22.9. The van der Waals surface area contributed by atoms with Gasteiger partial charge in [0.15, 0.2) is 0 Å². The smallest absolute Gasteiger partial charge is 0.108 e. The molecule has 1 aromatic carbocycles. The predicted octanol–water partition coefficient (Wildman–Crippen LogP) is 3.84. The Labute approximate surface area is 156 Å². The van der Waals surface area contributed by atoms with Crippen LogP contribution < -0.4 is 5.84 Å². The lowest BCUT2D eigenvalue weighted by molar-refractivity contribution is -0.101. The second-order valence-corrected chi connectivity index (χ2v) is 7.97. The van der Waals surface area contributed by atoms with Crippen molar-refractivity contribution >= 4 is 11.9 Å². The lowest BCUT2D eigenvalue weighted by atomic mass is 9.95. The van der Waals surface area contributed by atoms with Gasteiger partial charge in [0.05, 0.1) is 18.2 Å². The molecule has 3 rings (SSSR count). The molecule has 4 heteroatoms. The number of rotatable bonds is 4. The van der Waals surface area contributed by atoms with Gasteiger partial charge in [0.2, 0.25) is 0 Å². The number of aryl methyl sites for hydroxylation is 1. The molecule has 1 aliphatic carbocycles. The number of aliphatic imine (C=N–C) groups is 1. The zero-order valence-electron chi connectivity index (χ0n) is 16.1. The lowest BCUT2D eigenvalue weighted by Gasteiger charge is -2.35. The van der Waals surface area contributed by atoms with Crippen molar-refractivity contribution in [1.29, 1.82) is 0 Å². The molecule has 1 atom stereocenters. The van der Waals surface area contributed by atoms with Crippen LogP contribution in [0.2, 0.25) is 0 Å². The van der Waals surface area contributed by atoms with Crippen molar-refractivity contribution in [3.05, 3.63) is 34.9 Å². The minimum absolute atomic E-state index is 0.0445. The van der Waals surface area contributed by atoms with Crippen molar-refractivity contribution in [2.45, 2.75) is 64.6 Å². The number of hydrogen-bond donors (Lipinski definition) is 1. The molecular formula is C22H29N3O. The molecule has 0 radical (unpaired) electrons. The summed E-state index contributed by atoms with van der Waals surface area (Å²) in [6.07, 6.45) is 7.78. The summed E-state index contributed by atoms with van der Waals surface area (Å²) < 4.78 is 6.09. The first kappa shape index (κ1) is 18.7. The number of hydrogen-bond acceptors (Lipinski definition) is 4. The average Bonchev–Trinajstić information content (AvgIpc) is 3.41. The molecule has 0 spiro atoms. The molecule has 0 aromatic heterocycles. The molecule has 1 aliphatic heterocycles. The maximum absolute atomic E-state index is 6.09. The molecule has 0 amide bonds. The average molecular weight is 351 g/mol. The lowest BCUT2D eigenvalue weighted by Crippen LogP contribution is -2.36. The first-order chi connectivity index (χ1) is 12.5. The summed E-state index contributed by atoms with van der Waals surface area (Å²) >= 11 is 0. The number of benzene rings is 1. The Balaban J connectivity index is 1.64. The van der Waals surface area contributed by atoms with Crippen LogP contribution in [-0.2, 0) is 4.74 Å². The molecule has 1 unspecified atom stereocenters. The summed E-state index contributed by atoms with van der Waals surface area (Å²) in [5, 5.41) is 3.93. The Kier molecular flexibility index (Phi) is 5.78. The number of nitrogens with two attached hydrogens (primary N) is 1. The van der Waals surface area contributed by atoms with Crippen LogP contribution in [0.25, 0.3) is 0 Å². The molecular weight excluding hydrogens is 322 g/mol. The standard InChI is InChI=1S/C22H29N3O/c1-16-13-18(9-8-17-6-7-17)10-11-20(16)21(25-23)15-24-14-19-5-4-12-22(2,3)26-19/h10-11,13,15,17,19H,4-7,12,14,23H2,1-3H3/b24-15?,25-21+. The zero-order valence-corrected chi connectivity index (χ0v) is 16.1. The summed E-state index contributed by atoms with van der Waals surface area (Å²) in [5.41, 5.74) is 3.80. The monoisotopic (exact) mass is 351 g/mol. The van der Waals surface area contributed by atoms with Crippen molar-refractivity contribution in [2.24, 2.45) is 21.9 Å². The summed E-state index contributed by atoms with van der Waals surface area (Å²) in [4.78, 5) is 4.55. The highest BCUT2D eigenvalue weighted by Gasteiger charge is 2.28. The molecule has 1 saturated heterocycles. The van der Waals surface area contributed by atoms with Crippen molar-refractivity contribution in [3.63, 3.8) is 0 Å². The molecule has 1 saturated carbocycles. The fourth-order valence-corrected chi connectivity index (χ4v) is 3.32. The van der Waals surface area contributed by atoms with Gasteiger partial charge in [0.1, 0.15) is 5.71 Å². The third-order valence-corrected chi connectivity index (χ3v) is 4.95. The number of hydrazone groups is 1. The Bertz CT molecular complexity index is 763. The van der Waals surface area contributed by atoms with E-state index in [4.69, 9.17) is 10.6 Å². The van der Waals surface area contributed by atoms with E-state index >= 15 is 0 Å². The van der Waals surface area contributed by atoms with E-state index in [9.17, 15) is 0 Å². The fourth-order valence-electron chi connectivity index (χ4n) is 3.32. The summed E-state index contributed by atoms with van der Waals surface area (Å²) in [6.45, 7) is 7.00. The van der Waals surface area contributed by atoms with Gasteiger partial charge < -0.3 is 10.6 Å². The van der Waals surface area contributed by atoms with Crippen LogP contribution >= 0.6 is 0 Å². The second kappa shape index (κ2) is 8.05. The van der Waals surface area contributed by atoms with Crippen LogP contribution in [0, 0.1) is 24.7 Å². The minimum atomic E-state index is -0.0445.